The van der Waals surface area contributed by atoms with E-state index in [1.54, 1.807) is 6.07 Å². The zero-order valence-electron chi connectivity index (χ0n) is 11.4. The monoisotopic (exact) mass is 311 g/mol. The third kappa shape index (κ3) is 2.78. The molecule has 0 saturated carbocycles. The summed E-state index contributed by atoms with van der Waals surface area (Å²) in [7, 11) is -3.58. The number of hydrogen-bond donors (Lipinski definition) is 1. The van der Waals surface area contributed by atoms with Crippen molar-refractivity contribution in [1.29, 1.82) is 0 Å². The highest BCUT2D eigenvalue weighted by Gasteiger charge is 2.40. The molecule has 2 aliphatic rings. The average molecular weight is 311 g/mol. The Morgan fingerprint density at radius 2 is 2.29 bits per heavy atom. The van der Waals surface area contributed by atoms with Crippen LogP contribution in [0.2, 0.25) is 0 Å². The minimum absolute atomic E-state index is 0.0454. The Balaban J connectivity index is 1.81. The molecule has 0 aromatic carbocycles. The standard InChI is InChI=1S/C13H17N3O4S/c17-13-11-3-6-16(9-12(11)20-7-5-15-13)21(18,19)10-2-1-4-14-8-10/h1-2,4,8,11-12H,3,5-7,9H2,(H,15,17)/t11-,12+/m0/s1. The number of piperidine rings is 1. The summed E-state index contributed by atoms with van der Waals surface area (Å²) in [6, 6.07) is 3.12. The summed E-state index contributed by atoms with van der Waals surface area (Å²) in [5.74, 6) is -0.316. The minimum Gasteiger partial charge on any atom is -0.374 e. The molecule has 1 aromatic heterocycles. The molecule has 0 unspecified atom stereocenters. The Hall–Kier alpha value is -1.51. The Kier molecular flexibility index (Phi) is 3.92. The van der Waals surface area contributed by atoms with Crippen LogP contribution in [0, 0.1) is 5.92 Å². The fourth-order valence-corrected chi connectivity index (χ4v) is 4.17. The third-order valence-electron chi connectivity index (χ3n) is 3.86. The van der Waals surface area contributed by atoms with Crippen LogP contribution in [-0.4, -0.2) is 56.0 Å². The highest BCUT2D eigenvalue weighted by Crippen LogP contribution is 2.26. The second-order valence-electron chi connectivity index (χ2n) is 5.15. The lowest BCUT2D eigenvalue weighted by atomic mass is 9.94. The smallest absolute Gasteiger partial charge is 0.244 e. The number of carbonyl (C=O) groups excluding carboxylic acids is 1. The maximum absolute atomic E-state index is 12.6. The lowest BCUT2D eigenvalue weighted by Crippen LogP contribution is -2.50. The topological polar surface area (TPSA) is 88.6 Å². The van der Waals surface area contributed by atoms with Crippen molar-refractivity contribution >= 4 is 15.9 Å². The van der Waals surface area contributed by atoms with Crippen molar-refractivity contribution in [3.05, 3.63) is 24.5 Å². The van der Waals surface area contributed by atoms with Crippen molar-refractivity contribution in [3.63, 3.8) is 0 Å². The molecule has 1 aromatic rings. The Bertz CT molecular complexity index is 620. The van der Waals surface area contributed by atoms with Gasteiger partial charge in [-0.15, -0.1) is 0 Å². The summed E-state index contributed by atoms with van der Waals surface area (Å²) in [6.07, 6.45) is 2.95. The number of nitrogens with zero attached hydrogens (tertiary/aromatic N) is 2. The zero-order valence-corrected chi connectivity index (χ0v) is 12.3. The Morgan fingerprint density at radius 1 is 1.43 bits per heavy atom. The predicted molar refractivity (Wildman–Crippen MR) is 73.9 cm³/mol. The van der Waals surface area contributed by atoms with E-state index in [0.717, 1.165) is 0 Å². The van der Waals surface area contributed by atoms with Crippen molar-refractivity contribution in [2.75, 3.05) is 26.2 Å². The van der Waals surface area contributed by atoms with E-state index in [-0.39, 0.29) is 29.4 Å². The van der Waals surface area contributed by atoms with Gasteiger partial charge in [-0.3, -0.25) is 9.78 Å². The average Bonchev–Trinajstić information content (AvgIpc) is 2.69. The second-order valence-corrected chi connectivity index (χ2v) is 7.09. The summed E-state index contributed by atoms with van der Waals surface area (Å²) in [6.45, 7) is 1.40. The molecular formula is C13H17N3O4S. The first kappa shape index (κ1) is 14.4. The van der Waals surface area contributed by atoms with Gasteiger partial charge in [0.15, 0.2) is 0 Å². The van der Waals surface area contributed by atoms with Gasteiger partial charge in [0.2, 0.25) is 15.9 Å². The molecule has 0 aliphatic carbocycles. The molecule has 2 aliphatic heterocycles. The highest BCUT2D eigenvalue weighted by molar-refractivity contribution is 7.89. The predicted octanol–water partition coefficient (Wildman–Crippen LogP) is -0.393. The molecule has 21 heavy (non-hydrogen) atoms. The van der Waals surface area contributed by atoms with Gasteiger partial charge in [0.05, 0.1) is 18.6 Å². The number of hydrogen-bond acceptors (Lipinski definition) is 5. The van der Waals surface area contributed by atoms with Gasteiger partial charge in [0.1, 0.15) is 4.90 Å². The second kappa shape index (κ2) is 5.70. The van der Waals surface area contributed by atoms with E-state index >= 15 is 0 Å². The fraction of sp³-hybridized carbons (Fsp3) is 0.538. The quantitative estimate of drug-likeness (QED) is 0.803. The van der Waals surface area contributed by atoms with E-state index in [4.69, 9.17) is 4.74 Å². The number of aromatic nitrogens is 1. The number of amides is 1. The maximum atomic E-state index is 12.6. The number of sulfonamides is 1. The molecule has 0 radical (unpaired) electrons. The number of ether oxygens (including phenoxy) is 1. The van der Waals surface area contributed by atoms with E-state index in [1.165, 1.54) is 22.8 Å². The van der Waals surface area contributed by atoms with Gasteiger partial charge in [0.25, 0.3) is 0 Å². The van der Waals surface area contributed by atoms with Crippen LogP contribution in [0.25, 0.3) is 0 Å². The van der Waals surface area contributed by atoms with Gasteiger partial charge in [0, 0.05) is 32.0 Å². The van der Waals surface area contributed by atoms with Gasteiger partial charge in [-0.1, -0.05) is 0 Å². The molecule has 2 atom stereocenters. The molecule has 0 spiro atoms. The van der Waals surface area contributed by atoms with Crippen LogP contribution >= 0.6 is 0 Å². The number of nitrogens with one attached hydrogen (secondary N) is 1. The number of pyridine rings is 1. The molecule has 3 rings (SSSR count). The molecule has 114 valence electrons. The van der Waals surface area contributed by atoms with Crippen LogP contribution in [0.3, 0.4) is 0 Å². The summed E-state index contributed by atoms with van der Waals surface area (Å²) in [4.78, 5) is 15.9. The van der Waals surface area contributed by atoms with E-state index in [0.29, 0.717) is 26.1 Å². The van der Waals surface area contributed by atoms with Crippen LogP contribution in [-0.2, 0) is 19.6 Å². The molecule has 1 N–H and O–H groups in total. The largest absolute Gasteiger partial charge is 0.374 e. The van der Waals surface area contributed by atoms with Crippen molar-refractivity contribution < 1.29 is 17.9 Å². The van der Waals surface area contributed by atoms with Gasteiger partial charge >= 0.3 is 0 Å². The first-order valence-corrected chi connectivity index (χ1v) is 8.32. The molecule has 2 saturated heterocycles. The molecule has 2 fully saturated rings. The van der Waals surface area contributed by atoms with Crippen LogP contribution in [0.5, 0.6) is 0 Å². The normalized spacial score (nSPS) is 27.5. The Morgan fingerprint density at radius 3 is 3.05 bits per heavy atom. The van der Waals surface area contributed by atoms with Crippen molar-refractivity contribution in [2.24, 2.45) is 5.92 Å². The van der Waals surface area contributed by atoms with Gasteiger partial charge in [-0.25, -0.2) is 8.42 Å². The molecule has 1 amide bonds. The zero-order chi connectivity index (χ0) is 14.9. The van der Waals surface area contributed by atoms with Crippen LogP contribution in [0.15, 0.2) is 29.4 Å². The maximum Gasteiger partial charge on any atom is 0.244 e. The van der Waals surface area contributed by atoms with Crippen molar-refractivity contribution in [3.8, 4) is 0 Å². The third-order valence-corrected chi connectivity index (χ3v) is 5.71. The number of carbonyl (C=O) groups is 1. The number of rotatable bonds is 2. The van der Waals surface area contributed by atoms with E-state index < -0.39 is 10.0 Å². The SMILES string of the molecule is O=C1NCCO[C@@H]2CN(S(=O)(=O)c3cccnc3)CC[C@H]12. The van der Waals surface area contributed by atoms with Crippen molar-refractivity contribution in [1.82, 2.24) is 14.6 Å². The molecule has 8 heteroatoms. The van der Waals surface area contributed by atoms with E-state index in [1.807, 2.05) is 0 Å². The van der Waals surface area contributed by atoms with Crippen molar-refractivity contribution in [2.45, 2.75) is 17.4 Å². The molecule has 3 heterocycles. The van der Waals surface area contributed by atoms with Crippen LogP contribution < -0.4 is 5.32 Å². The summed E-state index contributed by atoms with van der Waals surface area (Å²) < 4.78 is 32.1. The summed E-state index contributed by atoms with van der Waals surface area (Å²) in [5.41, 5.74) is 0. The van der Waals surface area contributed by atoms with Crippen LogP contribution in [0.4, 0.5) is 0 Å². The van der Waals surface area contributed by atoms with Gasteiger partial charge < -0.3 is 10.1 Å². The van der Waals surface area contributed by atoms with Crippen LogP contribution in [0.1, 0.15) is 6.42 Å². The molecule has 7 nitrogen and oxygen atoms in total. The highest BCUT2D eigenvalue weighted by atomic mass is 32.2. The first-order chi connectivity index (χ1) is 10.1. The molecular weight excluding hydrogens is 294 g/mol. The fourth-order valence-electron chi connectivity index (χ4n) is 2.74. The molecule has 0 bridgehead atoms. The minimum atomic E-state index is -3.58. The van der Waals surface area contributed by atoms with Gasteiger partial charge in [-0.05, 0) is 18.6 Å². The van der Waals surface area contributed by atoms with Gasteiger partial charge in [-0.2, -0.15) is 4.31 Å². The number of fused-ring (bicyclic) bond motifs is 1. The summed E-state index contributed by atoms with van der Waals surface area (Å²) >= 11 is 0. The van der Waals surface area contributed by atoms with E-state index in [2.05, 4.69) is 10.3 Å². The lowest BCUT2D eigenvalue weighted by molar-refractivity contribution is -0.129. The van der Waals surface area contributed by atoms with E-state index in [9.17, 15) is 13.2 Å². The lowest BCUT2D eigenvalue weighted by Gasteiger charge is -2.35. The first-order valence-electron chi connectivity index (χ1n) is 6.88. The summed E-state index contributed by atoms with van der Waals surface area (Å²) in [5, 5.41) is 2.79. The Labute approximate surface area is 123 Å².